The van der Waals surface area contributed by atoms with Gasteiger partial charge in [0, 0.05) is 19.1 Å². The molecule has 0 amide bonds. The van der Waals surface area contributed by atoms with Gasteiger partial charge in [0.1, 0.15) is 0 Å². The molecule has 0 bridgehead atoms. The lowest BCUT2D eigenvalue weighted by Gasteiger charge is -2.24. The average molecular weight is 174 g/mol. The molecule has 0 aliphatic rings. The first-order valence-corrected chi connectivity index (χ1v) is 4.74. The zero-order valence-electron chi connectivity index (χ0n) is 8.55. The molecule has 0 radical (unpaired) electrons. The Morgan fingerprint density at radius 1 is 1.33 bits per heavy atom. The van der Waals surface area contributed by atoms with Crippen molar-refractivity contribution in [2.75, 3.05) is 32.8 Å². The van der Waals surface area contributed by atoms with Crippen molar-refractivity contribution < 1.29 is 4.74 Å². The van der Waals surface area contributed by atoms with Crippen LogP contribution in [0.25, 0.3) is 0 Å². The van der Waals surface area contributed by atoms with Gasteiger partial charge < -0.3 is 10.5 Å². The normalized spacial score (nSPS) is 11.5. The van der Waals surface area contributed by atoms with E-state index in [1.54, 1.807) is 0 Å². The molecule has 2 N–H and O–H groups in total. The van der Waals surface area contributed by atoms with Gasteiger partial charge in [-0.2, -0.15) is 0 Å². The summed E-state index contributed by atoms with van der Waals surface area (Å²) < 4.78 is 5.30. The van der Waals surface area contributed by atoms with E-state index in [9.17, 15) is 0 Å². The molecule has 0 aromatic carbocycles. The summed E-state index contributed by atoms with van der Waals surface area (Å²) in [5, 5.41) is 0. The van der Waals surface area contributed by atoms with Gasteiger partial charge in [0.05, 0.1) is 13.2 Å². The molecule has 0 heterocycles. The molecule has 0 unspecified atom stereocenters. The number of ether oxygens (including phenoxy) is 1. The van der Waals surface area contributed by atoms with Crippen molar-refractivity contribution in [3.63, 3.8) is 0 Å². The van der Waals surface area contributed by atoms with Crippen LogP contribution in [0.15, 0.2) is 0 Å². The summed E-state index contributed by atoms with van der Waals surface area (Å²) in [4.78, 5) is 2.37. The van der Waals surface area contributed by atoms with Gasteiger partial charge in [0.25, 0.3) is 0 Å². The molecule has 0 aliphatic carbocycles. The van der Waals surface area contributed by atoms with Crippen molar-refractivity contribution in [2.45, 2.75) is 26.8 Å². The van der Waals surface area contributed by atoms with Crippen LogP contribution < -0.4 is 5.73 Å². The molecule has 0 saturated carbocycles. The first kappa shape index (κ1) is 11.9. The number of rotatable bonds is 7. The minimum atomic E-state index is 0.608. The largest absolute Gasteiger partial charge is 0.379 e. The molecule has 12 heavy (non-hydrogen) atoms. The molecule has 0 fully saturated rings. The van der Waals surface area contributed by atoms with Crippen molar-refractivity contribution in [1.29, 1.82) is 0 Å². The molecule has 3 nitrogen and oxygen atoms in total. The van der Waals surface area contributed by atoms with Gasteiger partial charge in [-0.15, -0.1) is 0 Å². The molecule has 3 heteroatoms. The molecular weight excluding hydrogens is 152 g/mol. The zero-order chi connectivity index (χ0) is 9.40. The third-order valence-electron chi connectivity index (χ3n) is 1.92. The minimum Gasteiger partial charge on any atom is -0.379 e. The first-order valence-electron chi connectivity index (χ1n) is 4.74. The Morgan fingerprint density at radius 3 is 2.42 bits per heavy atom. The van der Waals surface area contributed by atoms with Gasteiger partial charge in [-0.1, -0.05) is 6.92 Å². The third-order valence-corrected chi connectivity index (χ3v) is 1.92. The summed E-state index contributed by atoms with van der Waals surface area (Å²) in [6.07, 6.45) is 0. The summed E-state index contributed by atoms with van der Waals surface area (Å²) in [7, 11) is 0. The van der Waals surface area contributed by atoms with Crippen LogP contribution in [0.1, 0.15) is 20.8 Å². The van der Waals surface area contributed by atoms with E-state index in [4.69, 9.17) is 10.5 Å². The van der Waals surface area contributed by atoms with Crippen molar-refractivity contribution >= 4 is 0 Å². The average Bonchev–Trinajstić information content (AvgIpc) is 2.04. The van der Waals surface area contributed by atoms with E-state index in [0.717, 1.165) is 19.7 Å². The van der Waals surface area contributed by atoms with Crippen LogP contribution in [0, 0.1) is 0 Å². The van der Waals surface area contributed by atoms with E-state index in [1.165, 1.54) is 0 Å². The second kappa shape index (κ2) is 7.53. The highest BCUT2D eigenvalue weighted by Crippen LogP contribution is 1.96. The van der Waals surface area contributed by atoms with Crippen molar-refractivity contribution in [1.82, 2.24) is 4.90 Å². The molecule has 0 aromatic heterocycles. The lowest BCUT2D eigenvalue weighted by Crippen LogP contribution is -2.33. The Kier molecular flexibility index (Phi) is 7.45. The van der Waals surface area contributed by atoms with E-state index in [-0.39, 0.29) is 0 Å². The highest BCUT2D eigenvalue weighted by atomic mass is 16.5. The fourth-order valence-corrected chi connectivity index (χ4v) is 1.15. The predicted octanol–water partition coefficient (Wildman–Crippen LogP) is 0.692. The van der Waals surface area contributed by atoms with Gasteiger partial charge in [-0.25, -0.2) is 0 Å². The van der Waals surface area contributed by atoms with Crippen LogP contribution in [0.2, 0.25) is 0 Å². The molecule has 0 aliphatic heterocycles. The van der Waals surface area contributed by atoms with Gasteiger partial charge in [-0.3, -0.25) is 4.90 Å². The van der Waals surface area contributed by atoms with Crippen molar-refractivity contribution in [2.24, 2.45) is 5.73 Å². The van der Waals surface area contributed by atoms with E-state index in [1.807, 2.05) is 0 Å². The van der Waals surface area contributed by atoms with Crippen LogP contribution in [-0.2, 0) is 4.74 Å². The number of nitrogens with two attached hydrogens (primary N) is 1. The molecule has 74 valence electrons. The summed E-state index contributed by atoms with van der Waals surface area (Å²) in [5.74, 6) is 0. The van der Waals surface area contributed by atoms with Crippen LogP contribution in [0.5, 0.6) is 0 Å². The highest BCUT2D eigenvalue weighted by molar-refractivity contribution is 4.59. The molecule has 0 spiro atoms. The maximum atomic E-state index is 5.30. The Balaban J connectivity index is 3.32. The summed E-state index contributed by atoms with van der Waals surface area (Å²) in [6, 6.07) is 0.608. The fourth-order valence-electron chi connectivity index (χ4n) is 1.15. The fraction of sp³-hybridized carbons (Fsp3) is 1.00. The summed E-state index contributed by atoms with van der Waals surface area (Å²) >= 11 is 0. The lowest BCUT2D eigenvalue weighted by atomic mass is 10.3. The van der Waals surface area contributed by atoms with Crippen molar-refractivity contribution in [3.8, 4) is 0 Å². The monoisotopic (exact) mass is 174 g/mol. The van der Waals surface area contributed by atoms with E-state index in [0.29, 0.717) is 19.2 Å². The van der Waals surface area contributed by atoms with E-state index >= 15 is 0 Å². The van der Waals surface area contributed by atoms with Gasteiger partial charge in [0.15, 0.2) is 0 Å². The minimum absolute atomic E-state index is 0.608. The van der Waals surface area contributed by atoms with Gasteiger partial charge in [0.2, 0.25) is 0 Å². The Hall–Kier alpha value is -0.120. The van der Waals surface area contributed by atoms with E-state index < -0.39 is 0 Å². The number of nitrogens with zero attached hydrogens (tertiary/aromatic N) is 1. The van der Waals surface area contributed by atoms with Gasteiger partial charge in [-0.05, 0) is 20.4 Å². The molecular formula is C9H22N2O. The standard InChI is InChI=1S/C9H22N2O/c1-4-11(9(2)3)6-8-12-7-5-10/h9H,4-8,10H2,1-3H3. The highest BCUT2D eigenvalue weighted by Gasteiger charge is 2.05. The summed E-state index contributed by atoms with van der Waals surface area (Å²) in [5.41, 5.74) is 5.30. The molecule has 0 rings (SSSR count). The molecule has 0 atom stereocenters. The smallest absolute Gasteiger partial charge is 0.0594 e. The lowest BCUT2D eigenvalue weighted by molar-refractivity contribution is 0.0998. The van der Waals surface area contributed by atoms with Crippen LogP contribution in [0.4, 0.5) is 0 Å². The second-order valence-electron chi connectivity index (χ2n) is 3.12. The zero-order valence-corrected chi connectivity index (χ0v) is 8.55. The van der Waals surface area contributed by atoms with Crippen molar-refractivity contribution in [3.05, 3.63) is 0 Å². The first-order chi connectivity index (χ1) is 5.72. The Labute approximate surface area is 75.9 Å². The van der Waals surface area contributed by atoms with Crippen LogP contribution in [-0.4, -0.2) is 43.8 Å². The number of likely N-dealkylation sites (N-methyl/N-ethyl adjacent to an activating group) is 1. The van der Waals surface area contributed by atoms with E-state index in [2.05, 4.69) is 25.7 Å². The number of hydrogen-bond donors (Lipinski definition) is 1. The molecule has 0 saturated heterocycles. The maximum absolute atomic E-state index is 5.30. The maximum Gasteiger partial charge on any atom is 0.0594 e. The Morgan fingerprint density at radius 2 is 2.00 bits per heavy atom. The van der Waals surface area contributed by atoms with Gasteiger partial charge >= 0.3 is 0 Å². The quantitative estimate of drug-likeness (QED) is 0.577. The van der Waals surface area contributed by atoms with Crippen LogP contribution in [0.3, 0.4) is 0 Å². The molecule has 0 aromatic rings. The number of hydrogen-bond acceptors (Lipinski definition) is 3. The second-order valence-corrected chi connectivity index (χ2v) is 3.12. The SMILES string of the molecule is CCN(CCOCCN)C(C)C. The topological polar surface area (TPSA) is 38.5 Å². The van der Waals surface area contributed by atoms with Crippen LogP contribution >= 0.6 is 0 Å². The summed E-state index contributed by atoms with van der Waals surface area (Å²) in [6.45, 7) is 10.8. The third kappa shape index (κ3) is 5.52. The Bertz CT molecular complexity index is 96.5. The predicted molar refractivity (Wildman–Crippen MR) is 52.3 cm³/mol.